The molecule has 144 valence electrons. The monoisotopic (exact) mass is 445 g/mol. The molecule has 0 aromatic heterocycles. The highest BCUT2D eigenvalue weighted by atomic mass is 79.9. The molecule has 1 N–H and O–H groups in total. The average molecular weight is 446 g/mol. The van der Waals surface area contributed by atoms with E-state index in [9.17, 15) is 0 Å². The summed E-state index contributed by atoms with van der Waals surface area (Å²) in [4.78, 5) is 0. The maximum absolute atomic E-state index is 6.52. The molecule has 0 saturated carbocycles. The molecule has 0 aliphatic carbocycles. The number of halogens is 1. The Morgan fingerprint density at radius 2 is 1.69 bits per heavy atom. The SMILES string of the molecule is COc1ccc([C@H]2N[C@H](c3cccc(Br)c3)c3ccc4ccccc4c3O2)cc1. The first-order valence-corrected chi connectivity index (χ1v) is 10.4. The van der Waals surface area contributed by atoms with Crippen molar-refractivity contribution in [3.05, 3.63) is 106 Å². The predicted molar refractivity (Wildman–Crippen MR) is 119 cm³/mol. The molecular weight excluding hydrogens is 426 g/mol. The standard InChI is InChI=1S/C25H20BrNO2/c1-28-20-12-9-17(10-13-20)25-27-23(18-6-4-7-19(26)15-18)22-14-11-16-5-2-3-8-21(16)24(22)29-25/h2-15,23,25,27H,1H3/t23-,25+/m1/s1. The van der Waals surface area contributed by atoms with Crippen LogP contribution in [0.25, 0.3) is 10.8 Å². The summed E-state index contributed by atoms with van der Waals surface area (Å²) in [6, 6.07) is 29.2. The molecule has 1 aliphatic heterocycles. The summed E-state index contributed by atoms with van der Waals surface area (Å²) >= 11 is 3.61. The van der Waals surface area contributed by atoms with E-state index in [1.165, 1.54) is 10.9 Å². The number of nitrogens with one attached hydrogen (secondary N) is 1. The van der Waals surface area contributed by atoms with Crippen LogP contribution in [0.5, 0.6) is 11.5 Å². The van der Waals surface area contributed by atoms with Crippen LogP contribution in [-0.4, -0.2) is 7.11 Å². The van der Waals surface area contributed by atoms with Crippen LogP contribution < -0.4 is 14.8 Å². The van der Waals surface area contributed by atoms with Crippen molar-refractivity contribution >= 4 is 26.7 Å². The molecule has 0 amide bonds. The number of rotatable bonds is 3. The van der Waals surface area contributed by atoms with Crippen LogP contribution in [0.2, 0.25) is 0 Å². The van der Waals surface area contributed by atoms with Crippen LogP contribution in [0.4, 0.5) is 0 Å². The fourth-order valence-corrected chi connectivity index (χ4v) is 4.33. The van der Waals surface area contributed by atoms with E-state index in [-0.39, 0.29) is 12.3 Å². The minimum atomic E-state index is -0.261. The van der Waals surface area contributed by atoms with Gasteiger partial charge in [0, 0.05) is 21.0 Å². The third-order valence-electron chi connectivity index (χ3n) is 5.38. The lowest BCUT2D eigenvalue weighted by molar-refractivity contribution is 0.135. The first-order valence-electron chi connectivity index (χ1n) is 9.57. The van der Waals surface area contributed by atoms with Gasteiger partial charge in [-0.05, 0) is 35.2 Å². The van der Waals surface area contributed by atoms with Gasteiger partial charge in [-0.1, -0.05) is 76.6 Å². The Bertz CT molecular complexity index is 1170. The van der Waals surface area contributed by atoms with Gasteiger partial charge >= 0.3 is 0 Å². The largest absolute Gasteiger partial charge is 0.497 e. The zero-order valence-corrected chi connectivity index (χ0v) is 17.5. The van der Waals surface area contributed by atoms with Crippen LogP contribution in [0.1, 0.15) is 29.0 Å². The summed E-state index contributed by atoms with van der Waals surface area (Å²) in [5, 5.41) is 5.99. The molecule has 0 unspecified atom stereocenters. The molecule has 4 aromatic rings. The van der Waals surface area contributed by atoms with Gasteiger partial charge in [0.1, 0.15) is 11.5 Å². The predicted octanol–water partition coefficient (Wildman–Crippen LogP) is 6.38. The average Bonchev–Trinajstić information content (AvgIpc) is 2.78. The number of methoxy groups -OCH3 is 1. The molecule has 1 heterocycles. The summed E-state index contributed by atoms with van der Waals surface area (Å²) in [6.07, 6.45) is -0.261. The van der Waals surface area contributed by atoms with Crippen molar-refractivity contribution in [2.45, 2.75) is 12.3 Å². The second-order valence-corrected chi connectivity index (χ2v) is 8.05. The van der Waals surface area contributed by atoms with Gasteiger partial charge in [-0.2, -0.15) is 0 Å². The second kappa shape index (κ2) is 7.54. The number of hydrogen-bond acceptors (Lipinski definition) is 3. The summed E-state index contributed by atoms with van der Waals surface area (Å²) in [5.41, 5.74) is 3.40. The zero-order valence-electron chi connectivity index (χ0n) is 15.9. The first kappa shape index (κ1) is 18.2. The van der Waals surface area contributed by atoms with Gasteiger partial charge in [0.05, 0.1) is 13.2 Å². The summed E-state index contributed by atoms with van der Waals surface area (Å²) in [5.74, 6) is 1.77. The van der Waals surface area contributed by atoms with Gasteiger partial charge in [0.2, 0.25) is 0 Å². The Kier molecular flexibility index (Phi) is 4.74. The third-order valence-corrected chi connectivity index (χ3v) is 5.87. The molecule has 0 bridgehead atoms. The number of hydrogen-bond donors (Lipinski definition) is 1. The number of ether oxygens (including phenoxy) is 2. The number of fused-ring (bicyclic) bond motifs is 3. The molecular formula is C25H20BrNO2. The number of benzene rings is 4. The summed E-state index contributed by atoms with van der Waals surface area (Å²) < 4.78 is 12.9. The maximum atomic E-state index is 6.52. The molecule has 0 fully saturated rings. The minimum absolute atomic E-state index is 0.0213. The van der Waals surface area contributed by atoms with Crippen LogP contribution in [0.3, 0.4) is 0 Å². The molecule has 0 saturated heterocycles. The Labute approximate surface area is 178 Å². The lowest BCUT2D eigenvalue weighted by Gasteiger charge is -2.35. The normalized spacial score (nSPS) is 18.1. The van der Waals surface area contributed by atoms with Gasteiger partial charge in [-0.3, -0.25) is 5.32 Å². The van der Waals surface area contributed by atoms with Crippen molar-refractivity contribution in [3.63, 3.8) is 0 Å². The summed E-state index contributed by atoms with van der Waals surface area (Å²) in [6.45, 7) is 0. The van der Waals surface area contributed by atoms with Crippen molar-refractivity contribution in [2.75, 3.05) is 7.11 Å². The Balaban J connectivity index is 1.66. The van der Waals surface area contributed by atoms with Gasteiger partial charge < -0.3 is 9.47 Å². The van der Waals surface area contributed by atoms with E-state index in [4.69, 9.17) is 9.47 Å². The Morgan fingerprint density at radius 1 is 0.862 bits per heavy atom. The molecule has 4 heteroatoms. The van der Waals surface area contributed by atoms with Crippen molar-refractivity contribution in [3.8, 4) is 11.5 Å². The van der Waals surface area contributed by atoms with E-state index in [0.29, 0.717) is 0 Å². The molecule has 0 radical (unpaired) electrons. The zero-order chi connectivity index (χ0) is 19.8. The van der Waals surface area contributed by atoms with Gasteiger partial charge in [0.15, 0.2) is 6.23 Å². The van der Waals surface area contributed by atoms with Crippen molar-refractivity contribution in [2.24, 2.45) is 0 Å². The fraction of sp³-hybridized carbons (Fsp3) is 0.120. The van der Waals surface area contributed by atoms with E-state index in [0.717, 1.165) is 32.5 Å². The minimum Gasteiger partial charge on any atom is -0.497 e. The quantitative estimate of drug-likeness (QED) is 0.396. The van der Waals surface area contributed by atoms with E-state index >= 15 is 0 Å². The highest BCUT2D eigenvalue weighted by molar-refractivity contribution is 9.10. The van der Waals surface area contributed by atoms with Crippen molar-refractivity contribution in [1.29, 1.82) is 0 Å². The van der Waals surface area contributed by atoms with Gasteiger partial charge in [0.25, 0.3) is 0 Å². The first-order chi connectivity index (χ1) is 14.2. The Morgan fingerprint density at radius 3 is 2.48 bits per heavy atom. The highest BCUT2D eigenvalue weighted by Crippen LogP contribution is 2.43. The smallest absolute Gasteiger partial charge is 0.177 e. The van der Waals surface area contributed by atoms with E-state index in [2.05, 4.69) is 75.8 Å². The van der Waals surface area contributed by atoms with E-state index in [1.54, 1.807) is 7.11 Å². The lowest BCUT2D eigenvalue weighted by atomic mass is 9.93. The van der Waals surface area contributed by atoms with Crippen LogP contribution >= 0.6 is 15.9 Å². The maximum Gasteiger partial charge on any atom is 0.177 e. The molecule has 5 rings (SSSR count). The van der Waals surface area contributed by atoms with E-state index in [1.807, 2.05) is 30.3 Å². The van der Waals surface area contributed by atoms with E-state index < -0.39 is 0 Å². The summed E-state index contributed by atoms with van der Waals surface area (Å²) in [7, 11) is 1.68. The molecule has 0 spiro atoms. The second-order valence-electron chi connectivity index (χ2n) is 7.13. The van der Waals surface area contributed by atoms with Gasteiger partial charge in [-0.25, -0.2) is 0 Å². The van der Waals surface area contributed by atoms with Gasteiger partial charge in [-0.15, -0.1) is 0 Å². The Hall–Kier alpha value is -2.82. The topological polar surface area (TPSA) is 30.5 Å². The molecule has 29 heavy (non-hydrogen) atoms. The van der Waals surface area contributed by atoms with Crippen molar-refractivity contribution < 1.29 is 9.47 Å². The van der Waals surface area contributed by atoms with Crippen LogP contribution in [-0.2, 0) is 0 Å². The highest BCUT2D eigenvalue weighted by Gasteiger charge is 2.31. The molecule has 4 aromatic carbocycles. The fourth-order valence-electron chi connectivity index (χ4n) is 3.92. The van der Waals surface area contributed by atoms with Crippen LogP contribution in [0, 0.1) is 0 Å². The van der Waals surface area contributed by atoms with Crippen molar-refractivity contribution in [1.82, 2.24) is 5.32 Å². The molecule has 1 aliphatic rings. The van der Waals surface area contributed by atoms with Crippen LogP contribution in [0.15, 0.2) is 89.4 Å². The lowest BCUT2D eigenvalue weighted by Crippen LogP contribution is -2.35. The third kappa shape index (κ3) is 3.39. The molecule has 2 atom stereocenters. The molecule has 3 nitrogen and oxygen atoms in total.